The molecule has 0 radical (unpaired) electrons. The molecule has 1 aromatic carbocycles. The molecular formula is C14H19F3N2O. The van der Waals surface area contributed by atoms with Gasteiger partial charge in [-0.15, -0.1) is 0 Å². The number of benzene rings is 1. The standard InChI is InChI=1S/C14H19F3N2O/c1-9(10-4-6-19-7-5-10)20-13-3-2-11(18)8-12(13)14(15,16)17/h2-3,8-10,19H,4-7,18H2,1H3. The average molecular weight is 288 g/mol. The highest BCUT2D eigenvalue weighted by molar-refractivity contribution is 5.49. The van der Waals surface area contributed by atoms with Crippen LogP contribution in [-0.4, -0.2) is 19.2 Å². The highest BCUT2D eigenvalue weighted by atomic mass is 19.4. The van der Waals surface area contributed by atoms with Crippen molar-refractivity contribution in [2.24, 2.45) is 5.92 Å². The zero-order valence-corrected chi connectivity index (χ0v) is 11.3. The molecule has 1 fully saturated rings. The molecule has 0 spiro atoms. The van der Waals surface area contributed by atoms with Crippen LogP contribution < -0.4 is 15.8 Å². The van der Waals surface area contributed by atoms with Crippen LogP contribution in [0.25, 0.3) is 0 Å². The lowest BCUT2D eigenvalue weighted by atomic mass is 9.93. The molecule has 1 heterocycles. The van der Waals surface area contributed by atoms with Crippen molar-refractivity contribution in [3.05, 3.63) is 23.8 Å². The second kappa shape index (κ2) is 5.91. The molecule has 112 valence electrons. The fourth-order valence-electron chi connectivity index (χ4n) is 2.48. The highest BCUT2D eigenvalue weighted by Crippen LogP contribution is 2.38. The first-order valence-electron chi connectivity index (χ1n) is 6.72. The van der Waals surface area contributed by atoms with Gasteiger partial charge in [-0.1, -0.05) is 0 Å². The predicted octanol–water partition coefficient (Wildman–Crippen LogP) is 3.05. The van der Waals surface area contributed by atoms with Crippen molar-refractivity contribution in [2.45, 2.75) is 32.0 Å². The quantitative estimate of drug-likeness (QED) is 0.840. The number of nitrogen functional groups attached to an aromatic ring is 1. The molecule has 3 N–H and O–H groups in total. The van der Waals surface area contributed by atoms with Crippen LogP contribution >= 0.6 is 0 Å². The third kappa shape index (κ3) is 3.56. The van der Waals surface area contributed by atoms with Crippen LogP contribution in [0.1, 0.15) is 25.3 Å². The van der Waals surface area contributed by atoms with E-state index in [4.69, 9.17) is 10.5 Å². The van der Waals surface area contributed by atoms with Gasteiger partial charge in [0.1, 0.15) is 5.75 Å². The molecule has 0 saturated carbocycles. The molecule has 20 heavy (non-hydrogen) atoms. The lowest BCUT2D eigenvalue weighted by molar-refractivity contribution is -0.139. The van der Waals surface area contributed by atoms with Gasteiger partial charge in [0.15, 0.2) is 0 Å². The fraction of sp³-hybridized carbons (Fsp3) is 0.571. The van der Waals surface area contributed by atoms with Gasteiger partial charge in [0.25, 0.3) is 0 Å². The number of hydrogen-bond acceptors (Lipinski definition) is 3. The molecule has 2 rings (SSSR count). The van der Waals surface area contributed by atoms with Crippen molar-refractivity contribution >= 4 is 5.69 Å². The van der Waals surface area contributed by atoms with Crippen molar-refractivity contribution in [1.29, 1.82) is 0 Å². The summed E-state index contributed by atoms with van der Waals surface area (Å²) in [5.41, 5.74) is 4.71. The maximum absolute atomic E-state index is 13.0. The molecule has 1 aliphatic heterocycles. The Bertz CT molecular complexity index is 456. The van der Waals surface area contributed by atoms with Crippen molar-refractivity contribution < 1.29 is 17.9 Å². The highest BCUT2D eigenvalue weighted by Gasteiger charge is 2.35. The Kier molecular flexibility index (Phi) is 4.42. The van der Waals surface area contributed by atoms with Crippen LogP contribution in [0.15, 0.2) is 18.2 Å². The summed E-state index contributed by atoms with van der Waals surface area (Å²) >= 11 is 0. The van der Waals surface area contributed by atoms with Crippen molar-refractivity contribution in [3.8, 4) is 5.75 Å². The van der Waals surface area contributed by atoms with Gasteiger partial charge in [-0.3, -0.25) is 0 Å². The Hall–Kier alpha value is -1.43. The van der Waals surface area contributed by atoms with Gasteiger partial charge in [0, 0.05) is 5.69 Å². The summed E-state index contributed by atoms with van der Waals surface area (Å²) in [4.78, 5) is 0. The largest absolute Gasteiger partial charge is 0.490 e. The number of ether oxygens (including phenoxy) is 1. The zero-order valence-electron chi connectivity index (χ0n) is 11.3. The Labute approximate surface area is 116 Å². The number of nitrogens with one attached hydrogen (secondary N) is 1. The summed E-state index contributed by atoms with van der Waals surface area (Å²) in [7, 11) is 0. The van der Waals surface area contributed by atoms with E-state index in [2.05, 4.69) is 5.32 Å². The molecule has 1 aromatic rings. The summed E-state index contributed by atoms with van der Waals surface area (Å²) < 4.78 is 44.5. The van der Waals surface area contributed by atoms with Crippen molar-refractivity contribution in [3.63, 3.8) is 0 Å². The van der Waals surface area contributed by atoms with Crippen LogP contribution in [0.4, 0.5) is 18.9 Å². The zero-order chi connectivity index (χ0) is 14.8. The summed E-state index contributed by atoms with van der Waals surface area (Å²) in [6.45, 7) is 3.59. The van der Waals surface area contributed by atoms with E-state index in [9.17, 15) is 13.2 Å². The Balaban J connectivity index is 2.16. The van der Waals surface area contributed by atoms with Gasteiger partial charge in [-0.25, -0.2) is 0 Å². The number of anilines is 1. The first-order chi connectivity index (χ1) is 9.38. The topological polar surface area (TPSA) is 47.3 Å². The Morgan fingerprint density at radius 3 is 2.55 bits per heavy atom. The Morgan fingerprint density at radius 2 is 1.95 bits per heavy atom. The third-order valence-corrected chi connectivity index (χ3v) is 3.67. The number of alkyl halides is 3. The lowest BCUT2D eigenvalue weighted by Gasteiger charge is -2.29. The number of nitrogens with two attached hydrogens (primary N) is 1. The maximum Gasteiger partial charge on any atom is 0.420 e. The predicted molar refractivity (Wildman–Crippen MR) is 71.5 cm³/mol. The summed E-state index contributed by atoms with van der Waals surface area (Å²) in [6, 6.07) is 3.65. The van der Waals surface area contributed by atoms with E-state index in [0.717, 1.165) is 32.0 Å². The maximum atomic E-state index is 13.0. The van der Waals surface area contributed by atoms with E-state index >= 15 is 0 Å². The van der Waals surface area contributed by atoms with Crippen LogP contribution in [-0.2, 0) is 6.18 Å². The summed E-state index contributed by atoms with van der Waals surface area (Å²) in [5, 5.41) is 3.22. The molecule has 3 nitrogen and oxygen atoms in total. The lowest BCUT2D eigenvalue weighted by Crippen LogP contribution is -2.35. The first-order valence-corrected chi connectivity index (χ1v) is 6.72. The van der Waals surface area contributed by atoms with E-state index in [-0.39, 0.29) is 23.5 Å². The van der Waals surface area contributed by atoms with E-state index < -0.39 is 11.7 Å². The molecule has 1 saturated heterocycles. The molecule has 0 bridgehead atoms. The molecule has 1 aliphatic rings. The minimum absolute atomic E-state index is 0.0826. The van der Waals surface area contributed by atoms with Crippen LogP contribution in [0.2, 0.25) is 0 Å². The van der Waals surface area contributed by atoms with Crippen LogP contribution in [0, 0.1) is 5.92 Å². The minimum atomic E-state index is -4.46. The second-order valence-corrected chi connectivity index (χ2v) is 5.16. The minimum Gasteiger partial charge on any atom is -0.490 e. The molecule has 6 heteroatoms. The smallest absolute Gasteiger partial charge is 0.420 e. The van der Waals surface area contributed by atoms with Crippen molar-refractivity contribution in [2.75, 3.05) is 18.8 Å². The molecule has 0 aromatic heterocycles. The fourth-order valence-corrected chi connectivity index (χ4v) is 2.48. The van der Waals surface area contributed by atoms with Crippen LogP contribution in [0.5, 0.6) is 5.75 Å². The summed E-state index contributed by atoms with van der Waals surface area (Å²) in [5.74, 6) is 0.132. The molecule has 1 atom stereocenters. The van der Waals surface area contributed by atoms with Gasteiger partial charge < -0.3 is 15.8 Å². The van der Waals surface area contributed by atoms with Gasteiger partial charge in [-0.05, 0) is 57.0 Å². The van der Waals surface area contributed by atoms with E-state index in [1.54, 1.807) is 0 Å². The number of piperidine rings is 1. The third-order valence-electron chi connectivity index (χ3n) is 3.67. The summed E-state index contributed by atoms with van der Waals surface area (Å²) in [6.07, 6.45) is -2.88. The second-order valence-electron chi connectivity index (χ2n) is 5.16. The molecule has 0 aliphatic carbocycles. The molecule has 0 amide bonds. The van der Waals surface area contributed by atoms with Gasteiger partial charge in [-0.2, -0.15) is 13.2 Å². The van der Waals surface area contributed by atoms with Gasteiger partial charge in [0.2, 0.25) is 0 Å². The number of halogens is 3. The van der Waals surface area contributed by atoms with Gasteiger partial charge in [0.05, 0.1) is 11.7 Å². The number of rotatable bonds is 3. The SMILES string of the molecule is CC(Oc1ccc(N)cc1C(F)(F)F)C1CCNCC1. The average Bonchev–Trinajstić information content (AvgIpc) is 2.40. The molecular weight excluding hydrogens is 269 g/mol. The number of hydrogen-bond donors (Lipinski definition) is 2. The van der Waals surface area contributed by atoms with E-state index in [1.165, 1.54) is 12.1 Å². The normalized spacial score (nSPS) is 18.8. The molecule has 1 unspecified atom stereocenters. The monoisotopic (exact) mass is 288 g/mol. The van der Waals surface area contributed by atoms with E-state index in [1.807, 2.05) is 6.92 Å². The van der Waals surface area contributed by atoms with Gasteiger partial charge >= 0.3 is 6.18 Å². The Morgan fingerprint density at radius 1 is 1.30 bits per heavy atom. The van der Waals surface area contributed by atoms with Crippen molar-refractivity contribution in [1.82, 2.24) is 5.32 Å². The van der Waals surface area contributed by atoms with E-state index in [0.29, 0.717) is 0 Å². The van der Waals surface area contributed by atoms with Crippen LogP contribution in [0.3, 0.4) is 0 Å². The first kappa shape index (κ1) is 15.0.